The number of nitrogens with one attached hydrogen (secondary N) is 1. The van der Waals surface area contributed by atoms with Crippen LogP contribution in [0, 0.1) is 0 Å². The molecule has 1 aromatic carbocycles. The van der Waals surface area contributed by atoms with Crippen LogP contribution in [0.3, 0.4) is 0 Å². The molecule has 2 aromatic rings. The lowest BCUT2D eigenvalue weighted by molar-refractivity contribution is 0.307. The maximum atomic E-state index is 5.39. The van der Waals surface area contributed by atoms with Crippen LogP contribution in [0.1, 0.15) is 24.6 Å². The van der Waals surface area contributed by atoms with E-state index in [1.165, 1.54) is 17.1 Å². The molecule has 0 atom stereocenters. The second-order valence-electron chi connectivity index (χ2n) is 4.96. The van der Waals surface area contributed by atoms with Crippen molar-refractivity contribution >= 4 is 16.5 Å². The van der Waals surface area contributed by atoms with Crippen molar-refractivity contribution in [3.8, 4) is 5.75 Å². The fourth-order valence-electron chi connectivity index (χ4n) is 2.12. The predicted molar refractivity (Wildman–Crippen MR) is 86.9 cm³/mol. The first-order valence-electron chi connectivity index (χ1n) is 7.10. The highest BCUT2D eigenvalue weighted by atomic mass is 32.1. The standard InChI is InChI=1S/C15H22N4OS/c1-4-9-16-15-13(17-18-21-15)11-19(2)10-12-7-5-6-8-14(12)20-3/h5-8,16H,4,9-11H2,1-3H3. The number of hydrogen-bond donors (Lipinski definition) is 1. The lowest BCUT2D eigenvalue weighted by Crippen LogP contribution is -2.18. The number of para-hydroxylation sites is 1. The van der Waals surface area contributed by atoms with Gasteiger partial charge in [0.15, 0.2) is 0 Å². The van der Waals surface area contributed by atoms with E-state index in [9.17, 15) is 0 Å². The minimum Gasteiger partial charge on any atom is -0.496 e. The first-order valence-corrected chi connectivity index (χ1v) is 7.87. The predicted octanol–water partition coefficient (Wildman–Crippen LogP) is 3.00. The van der Waals surface area contributed by atoms with Gasteiger partial charge in [0, 0.05) is 36.7 Å². The van der Waals surface area contributed by atoms with E-state index in [0.29, 0.717) is 0 Å². The molecule has 114 valence electrons. The molecule has 1 aromatic heterocycles. The Morgan fingerprint density at radius 1 is 1.29 bits per heavy atom. The number of anilines is 1. The summed E-state index contributed by atoms with van der Waals surface area (Å²) in [6.45, 7) is 4.68. The number of ether oxygens (including phenoxy) is 1. The fourth-order valence-corrected chi connectivity index (χ4v) is 2.72. The second-order valence-corrected chi connectivity index (χ2v) is 5.71. The Morgan fingerprint density at radius 2 is 2.10 bits per heavy atom. The molecule has 0 aliphatic heterocycles. The van der Waals surface area contributed by atoms with Crippen LogP contribution < -0.4 is 10.1 Å². The number of benzene rings is 1. The number of aromatic nitrogens is 2. The molecule has 6 heteroatoms. The first-order chi connectivity index (χ1) is 10.2. The van der Waals surface area contributed by atoms with Crippen LogP contribution in [0.4, 0.5) is 5.00 Å². The third-order valence-electron chi connectivity index (χ3n) is 3.14. The summed E-state index contributed by atoms with van der Waals surface area (Å²) in [5.41, 5.74) is 2.18. The van der Waals surface area contributed by atoms with Crippen LogP contribution in [-0.4, -0.2) is 35.2 Å². The monoisotopic (exact) mass is 306 g/mol. The van der Waals surface area contributed by atoms with Gasteiger partial charge in [0.25, 0.3) is 0 Å². The Morgan fingerprint density at radius 3 is 2.86 bits per heavy atom. The zero-order valence-corrected chi connectivity index (χ0v) is 13.6. The van der Waals surface area contributed by atoms with E-state index in [0.717, 1.165) is 42.5 Å². The second kappa shape index (κ2) is 7.95. The third-order valence-corrected chi connectivity index (χ3v) is 3.87. The van der Waals surface area contributed by atoms with Gasteiger partial charge < -0.3 is 10.1 Å². The minimum absolute atomic E-state index is 0.764. The van der Waals surface area contributed by atoms with Crippen molar-refractivity contribution in [1.82, 2.24) is 14.5 Å². The van der Waals surface area contributed by atoms with Crippen LogP contribution in [0.15, 0.2) is 24.3 Å². The smallest absolute Gasteiger partial charge is 0.134 e. The minimum atomic E-state index is 0.764. The molecule has 0 saturated heterocycles. The van der Waals surface area contributed by atoms with Crippen molar-refractivity contribution < 1.29 is 4.74 Å². The number of methoxy groups -OCH3 is 1. The summed E-state index contributed by atoms with van der Waals surface area (Å²) in [6, 6.07) is 8.09. The molecule has 0 radical (unpaired) electrons. The molecule has 0 fully saturated rings. The van der Waals surface area contributed by atoms with Gasteiger partial charge in [0.2, 0.25) is 0 Å². The van der Waals surface area contributed by atoms with Crippen molar-refractivity contribution in [2.75, 3.05) is 26.0 Å². The highest BCUT2D eigenvalue weighted by Crippen LogP contribution is 2.22. The van der Waals surface area contributed by atoms with Crippen molar-refractivity contribution in [2.24, 2.45) is 0 Å². The van der Waals surface area contributed by atoms with Crippen molar-refractivity contribution in [2.45, 2.75) is 26.4 Å². The average molecular weight is 306 g/mol. The molecule has 2 rings (SSSR count). The number of rotatable bonds is 8. The summed E-state index contributed by atoms with van der Waals surface area (Å²) >= 11 is 1.42. The van der Waals surface area contributed by atoms with Gasteiger partial charge in [-0.25, -0.2) is 0 Å². The van der Waals surface area contributed by atoms with Gasteiger partial charge in [-0.3, -0.25) is 4.90 Å². The van der Waals surface area contributed by atoms with Gasteiger partial charge in [-0.15, -0.1) is 5.10 Å². The lowest BCUT2D eigenvalue weighted by Gasteiger charge is -2.17. The number of nitrogens with zero attached hydrogens (tertiary/aromatic N) is 3. The molecule has 0 spiro atoms. The Bertz CT molecular complexity index is 558. The molecule has 0 unspecified atom stereocenters. The largest absolute Gasteiger partial charge is 0.496 e. The average Bonchev–Trinajstić information content (AvgIpc) is 2.92. The van der Waals surface area contributed by atoms with E-state index in [1.807, 2.05) is 18.2 Å². The maximum Gasteiger partial charge on any atom is 0.134 e. The van der Waals surface area contributed by atoms with Crippen LogP contribution >= 0.6 is 11.5 Å². The Hall–Kier alpha value is -1.66. The van der Waals surface area contributed by atoms with Crippen molar-refractivity contribution in [3.05, 3.63) is 35.5 Å². The van der Waals surface area contributed by atoms with Gasteiger partial charge in [0.1, 0.15) is 16.4 Å². The van der Waals surface area contributed by atoms with Gasteiger partial charge in [-0.1, -0.05) is 29.6 Å². The zero-order chi connectivity index (χ0) is 15.1. The Labute approximate surface area is 130 Å². The molecule has 0 aliphatic rings. The third kappa shape index (κ3) is 4.41. The molecule has 21 heavy (non-hydrogen) atoms. The highest BCUT2D eigenvalue weighted by molar-refractivity contribution is 7.10. The van der Waals surface area contributed by atoms with Gasteiger partial charge in [-0.05, 0) is 19.5 Å². The lowest BCUT2D eigenvalue weighted by atomic mass is 10.2. The molecule has 1 heterocycles. The molecule has 0 amide bonds. The Balaban J connectivity index is 1.98. The maximum absolute atomic E-state index is 5.39. The zero-order valence-electron chi connectivity index (χ0n) is 12.8. The topological polar surface area (TPSA) is 50.3 Å². The molecule has 0 aliphatic carbocycles. The fraction of sp³-hybridized carbons (Fsp3) is 0.467. The van der Waals surface area contributed by atoms with Crippen LogP contribution in [-0.2, 0) is 13.1 Å². The highest BCUT2D eigenvalue weighted by Gasteiger charge is 2.12. The van der Waals surface area contributed by atoms with Gasteiger partial charge >= 0.3 is 0 Å². The van der Waals surface area contributed by atoms with Crippen molar-refractivity contribution in [1.29, 1.82) is 0 Å². The molecular weight excluding hydrogens is 284 g/mol. The quantitative estimate of drug-likeness (QED) is 0.812. The molecular formula is C15H22N4OS. The van der Waals surface area contributed by atoms with Gasteiger partial charge in [0.05, 0.1) is 7.11 Å². The van der Waals surface area contributed by atoms with E-state index in [-0.39, 0.29) is 0 Å². The molecule has 0 bridgehead atoms. The van der Waals surface area contributed by atoms with Gasteiger partial charge in [-0.2, -0.15) is 0 Å². The normalized spacial score (nSPS) is 10.9. The summed E-state index contributed by atoms with van der Waals surface area (Å²) < 4.78 is 9.44. The molecule has 0 saturated carbocycles. The Kier molecular flexibility index (Phi) is 5.95. The summed E-state index contributed by atoms with van der Waals surface area (Å²) in [4.78, 5) is 2.21. The van der Waals surface area contributed by atoms with E-state index in [1.54, 1.807) is 7.11 Å². The summed E-state index contributed by atoms with van der Waals surface area (Å²) in [7, 11) is 3.78. The van der Waals surface area contributed by atoms with E-state index in [4.69, 9.17) is 4.74 Å². The van der Waals surface area contributed by atoms with E-state index >= 15 is 0 Å². The summed E-state index contributed by atoms with van der Waals surface area (Å²) in [5.74, 6) is 0.921. The summed E-state index contributed by atoms with van der Waals surface area (Å²) in [5, 5.41) is 8.68. The molecule has 5 nitrogen and oxygen atoms in total. The first kappa shape index (κ1) is 15.7. The number of hydrogen-bond acceptors (Lipinski definition) is 6. The van der Waals surface area contributed by atoms with Crippen LogP contribution in [0.25, 0.3) is 0 Å². The summed E-state index contributed by atoms with van der Waals surface area (Å²) in [6.07, 6.45) is 1.09. The van der Waals surface area contributed by atoms with E-state index in [2.05, 4.69) is 39.8 Å². The SMILES string of the molecule is CCCNc1snnc1CN(C)Cc1ccccc1OC. The van der Waals surface area contributed by atoms with Crippen molar-refractivity contribution in [3.63, 3.8) is 0 Å². The van der Waals surface area contributed by atoms with Crippen LogP contribution in [0.5, 0.6) is 5.75 Å². The van der Waals surface area contributed by atoms with E-state index < -0.39 is 0 Å². The molecule has 1 N–H and O–H groups in total. The van der Waals surface area contributed by atoms with Crippen LogP contribution in [0.2, 0.25) is 0 Å².